The molecule has 3 rings (SSSR count). The number of ether oxygens (including phenoxy) is 1. The zero-order valence-corrected chi connectivity index (χ0v) is 16.7. The number of aryl methyl sites for hydroxylation is 1. The molecule has 2 aromatic rings. The van der Waals surface area contributed by atoms with E-state index < -0.39 is 0 Å². The molecule has 1 aromatic heterocycles. The van der Waals surface area contributed by atoms with Crippen LogP contribution in [0.3, 0.4) is 0 Å². The highest BCUT2D eigenvalue weighted by molar-refractivity contribution is 9.10. The van der Waals surface area contributed by atoms with Crippen LogP contribution in [0.15, 0.2) is 45.7 Å². The van der Waals surface area contributed by atoms with Gasteiger partial charge < -0.3 is 14.2 Å². The van der Waals surface area contributed by atoms with Crippen molar-refractivity contribution in [2.75, 3.05) is 13.1 Å². The average molecular weight is 419 g/mol. The van der Waals surface area contributed by atoms with Crippen molar-refractivity contribution in [3.05, 3.63) is 62.5 Å². The number of halogens is 1. The van der Waals surface area contributed by atoms with Crippen LogP contribution in [-0.2, 0) is 18.3 Å². The molecule has 1 aromatic carbocycles. The van der Waals surface area contributed by atoms with Crippen molar-refractivity contribution >= 4 is 21.8 Å². The second-order valence-corrected chi connectivity index (χ2v) is 7.65. The maximum atomic E-state index is 12.5. The van der Waals surface area contributed by atoms with Crippen LogP contribution < -0.4 is 10.3 Å². The number of pyridine rings is 1. The Labute approximate surface area is 161 Å². The first kappa shape index (κ1) is 18.7. The lowest BCUT2D eigenvalue weighted by molar-refractivity contribution is -0.132. The molecule has 26 heavy (non-hydrogen) atoms. The molecule has 0 unspecified atom stereocenters. The molecule has 6 heteroatoms. The van der Waals surface area contributed by atoms with Crippen molar-refractivity contribution in [2.24, 2.45) is 7.05 Å². The Kier molecular flexibility index (Phi) is 5.81. The summed E-state index contributed by atoms with van der Waals surface area (Å²) >= 11 is 3.40. The van der Waals surface area contributed by atoms with E-state index in [1.54, 1.807) is 11.6 Å². The topological polar surface area (TPSA) is 51.5 Å². The van der Waals surface area contributed by atoms with E-state index in [-0.39, 0.29) is 17.6 Å². The number of hydrogen-bond donors (Lipinski definition) is 0. The summed E-state index contributed by atoms with van der Waals surface area (Å²) < 4.78 is 8.58. The molecular weight excluding hydrogens is 396 g/mol. The van der Waals surface area contributed by atoms with Gasteiger partial charge in [0, 0.05) is 49.2 Å². The van der Waals surface area contributed by atoms with Gasteiger partial charge in [0.2, 0.25) is 5.91 Å². The van der Waals surface area contributed by atoms with Gasteiger partial charge in [0.1, 0.15) is 11.9 Å². The minimum Gasteiger partial charge on any atom is -0.490 e. The van der Waals surface area contributed by atoms with Crippen molar-refractivity contribution in [3.63, 3.8) is 0 Å². The van der Waals surface area contributed by atoms with Gasteiger partial charge in [-0.05, 0) is 30.7 Å². The normalized spacial score (nSPS) is 15.1. The molecule has 1 saturated heterocycles. The number of likely N-dealkylation sites (tertiary alicyclic amines) is 1. The maximum absolute atomic E-state index is 12.5. The molecule has 5 nitrogen and oxygen atoms in total. The van der Waals surface area contributed by atoms with Gasteiger partial charge in [-0.25, -0.2) is 0 Å². The molecule has 0 aliphatic carbocycles. The summed E-state index contributed by atoms with van der Waals surface area (Å²) in [4.78, 5) is 26.2. The largest absolute Gasteiger partial charge is 0.490 e. The van der Waals surface area contributed by atoms with Gasteiger partial charge in [0.25, 0.3) is 5.56 Å². The molecule has 2 heterocycles. The second kappa shape index (κ2) is 8.08. The summed E-state index contributed by atoms with van der Waals surface area (Å²) in [6, 6.07) is 11.3. The third-order valence-electron chi connectivity index (χ3n) is 4.84. The third kappa shape index (κ3) is 4.55. The monoisotopic (exact) mass is 418 g/mol. The molecule has 1 fully saturated rings. The Morgan fingerprint density at radius 2 is 1.85 bits per heavy atom. The molecule has 0 N–H and O–H groups in total. The van der Waals surface area contributed by atoms with Gasteiger partial charge in [0.05, 0.1) is 6.42 Å². The van der Waals surface area contributed by atoms with Gasteiger partial charge in [-0.15, -0.1) is 0 Å². The van der Waals surface area contributed by atoms with Crippen LogP contribution >= 0.6 is 15.9 Å². The maximum Gasteiger partial charge on any atom is 0.254 e. The number of carbonyl (C=O) groups excluding carboxylic acids is 1. The number of amides is 1. The van der Waals surface area contributed by atoms with Crippen LogP contribution in [0.25, 0.3) is 0 Å². The number of carbonyl (C=O) groups is 1. The molecule has 1 aliphatic rings. The predicted octanol–water partition coefficient (Wildman–Crippen LogP) is 3.07. The molecule has 1 aliphatic heterocycles. The number of nitrogens with zero attached hydrogens (tertiary/aromatic N) is 2. The number of hydrogen-bond acceptors (Lipinski definition) is 3. The summed E-state index contributed by atoms with van der Waals surface area (Å²) in [7, 11) is 1.75. The molecule has 0 atom stereocenters. The van der Waals surface area contributed by atoms with E-state index in [1.165, 1.54) is 6.07 Å². The minimum absolute atomic E-state index is 0.0400. The SMILES string of the molecule is Cc1cc(OC2CCN(C(=O)Cc3ccc(Br)cc3)CC2)cc(=O)n1C. The lowest BCUT2D eigenvalue weighted by Gasteiger charge is -2.32. The van der Waals surface area contributed by atoms with E-state index in [9.17, 15) is 9.59 Å². The van der Waals surface area contributed by atoms with Crippen molar-refractivity contribution in [2.45, 2.75) is 32.3 Å². The third-order valence-corrected chi connectivity index (χ3v) is 5.37. The number of aromatic nitrogens is 1. The standard InChI is InChI=1S/C20H23BrN2O3/c1-14-11-18(13-19(24)22(14)2)26-17-7-9-23(10-8-17)20(25)12-15-3-5-16(21)6-4-15/h3-6,11,13,17H,7-10,12H2,1-2H3. The van der Waals surface area contributed by atoms with Crippen LogP contribution in [-0.4, -0.2) is 34.6 Å². The van der Waals surface area contributed by atoms with Gasteiger partial charge in [-0.3, -0.25) is 9.59 Å². The Hall–Kier alpha value is -2.08. The van der Waals surface area contributed by atoms with E-state index in [0.29, 0.717) is 25.3 Å². The molecule has 0 bridgehead atoms. The molecule has 138 valence electrons. The summed E-state index contributed by atoms with van der Waals surface area (Å²) in [5.74, 6) is 0.764. The second-order valence-electron chi connectivity index (χ2n) is 6.73. The average Bonchev–Trinajstić information content (AvgIpc) is 2.62. The smallest absolute Gasteiger partial charge is 0.254 e. The quantitative estimate of drug-likeness (QED) is 0.766. The molecular formula is C20H23BrN2O3. The zero-order valence-electron chi connectivity index (χ0n) is 15.1. The fourth-order valence-electron chi connectivity index (χ4n) is 3.11. The van der Waals surface area contributed by atoms with Crippen LogP contribution in [0.5, 0.6) is 5.75 Å². The minimum atomic E-state index is -0.0675. The first-order valence-electron chi connectivity index (χ1n) is 8.79. The number of rotatable bonds is 4. The first-order chi connectivity index (χ1) is 12.4. The lowest BCUT2D eigenvalue weighted by Crippen LogP contribution is -2.42. The van der Waals surface area contributed by atoms with Crippen molar-refractivity contribution in [1.82, 2.24) is 9.47 Å². The molecule has 1 amide bonds. The Morgan fingerprint density at radius 3 is 2.46 bits per heavy atom. The van der Waals surface area contributed by atoms with Crippen LogP contribution in [0.1, 0.15) is 24.1 Å². The van der Waals surface area contributed by atoms with Crippen LogP contribution in [0.2, 0.25) is 0 Å². The first-order valence-corrected chi connectivity index (χ1v) is 9.58. The fourth-order valence-corrected chi connectivity index (χ4v) is 3.37. The van der Waals surface area contributed by atoms with Crippen LogP contribution in [0.4, 0.5) is 0 Å². The summed E-state index contributed by atoms with van der Waals surface area (Å²) in [6.45, 7) is 3.26. The van der Waals surface area contributed by atoms with Crippen molar-refractivity contribution in [1.29, 1.82) is 0 Å². The number of benzene rings is 1. The Balaban J connectivity index is 1.53. The highest BCUT2D eigenvalue weighted by Crippen LogP contribution is 2.20. The lowest BCUT2D eigenvalue weighted by atomic mass is 10.1. The highest BCUT2D eigenvalue weighted by atomic mass is 79.9. The molecule has 0 spiro atoms. The van der Waals surface area contributed by atoms with E-state index in [0.717, 1.165) is 28.6 Å². The van der Waals surface area contributed by atoms with E-state index >= 15 is 0 Å². The highest BCUT2D eigenvalue weighted by Gasteiger charge is 2.24. The van der Waals surface area contributed by atoms with Crippen molar-refractivity contribution < 1.29 is 9.53 Å². The van der Waals surface area contributed by atoms with E-state index in [1.807, 2.05) is 42.2 Å². The van der Waals surface area contributed by atoms with Gasteiger partial charge in [0.15, 0.2) is 0 Å². The van der Waals surface area contributed by atoms with Gasteiger partial charge in [-0.1, -0.05) is 28.1 Å². The van der Waals surface area contributed by atoms with Gasteiger partial charge in [-0.2, -0.15) is 0 Å². The fraction of sp³-hybridized carbons (Fsp3) is 0.400. The Morgan fingerprint density at radius 1 is 1.19 bits per heavy atom. The predicted molar refractivity (Wildman–Crippen MR) is 104 cm³/mol. The van der Waals surface area contributed by atoms with E-state index in [2.05, 4.69) is 15.9 Å². The van der Waals surface area contributed by atoms with Crippen molar-refractivity contribution in [3.8, 4) is 5.75 Å². The number of piperidine rings is 1. The summed E-state index contributed by atoms with van der Waals surface area (Å²) in [5, 5.41) is 0. The van der Waals surface area contributed by atoms with E-state index in [4.69, 9.17) is 4.74 Å². The molecule has 0 radical (unpaired) electrons. The van der Waals surface area contributed by atoms with Gasteiger partial charge >= 0.3 is 0 Å². The van der Waals surface area contributed by atoms with Crippen LogP contribution in [0, 0.1) is 6.92 Å². The Bertz CT molecular complexity index is 837. The summed E-state index contributed by atoms with van der Waals surface area (Å²) in [6.07, 6.45) is 2.02. The summed E-state index contributed by atoms with van der Waals surface area (Å²) in [5.41, 5.74) is 1.82. The molecule has 0 saturated carbocycles. The zero-order chi connectivity index (χ0) is 18.7.